The normalized spacial score (nSPS) is 12.2. The number of carbonyl (C=O) groups is 1. The standard InChI is InChI=1S/C24H23N3O4S2/c1-15-13-16(2)22-21(14-15)27(3)24(32-22)25-23(28)17-5-7-18(8-6-17)26-33(29,30)20-11-9-19(31-4)10-12-20/h5-14,26H,1-4H3. The third-order valence-electron chi connectivity index (χ3n) is 5.19. The maximum absolute atomic E-state index is 12.7. The second-order valence-electron chi connectivity index (χ2n) is 7.65. The fourth-order valence-corrected chi connectivity index (χ4v) is 5.60. The Hall–Kier alpha value is -3.43. The van der Waals surface area contributed by atoms with Gasteiger partial charge in [0.05, 0.1) is 22.2 Å². The minimum Gasteiger partial charge on any atom is -0.497 e. The number of benzene rings is 3. The van der Waals surface area contributed by atoms with Crippen LogP contribution >= 0.6 is 11.3 Å². The second kappa shape index (κ2) is 8.84. The number of rotatable bonds is 5. The molecule has 0 radical (unpaired) electrons. The van der Waals surface area contributed by atoms with Crippen LogP contribution in [-0.2, 0) is 17.1 Å². The van der Waals surface area contributed by atoms with E-state index in [9.17, 15) is 13.2 Å². The van der Waals surface area contributed by atoms with Gasteiger partial charge in [-0.2, -0.15) is 4.99 Å². The van der Waals surface area contributed by atoms with E-state index in [-0.39, 0.29) is 4.90 Å². The van der Waals surface area contributed by atoms with Crippen LogP contribution in [0.15, 0.2) is 70.6 Å². The van der Waals surface area contributed by atoms with Crippen LogP contribution in [0.25, 0.3) is 10.2 Å². The van der Waals surface area contributed by atoms with E-state index in [1.54, 1.807) is 36.4 Å². The first kappa shape index (κ1) is 22.8. The number of nitrogens with zero attached hydrogens (tertiary/aromatic N) is 2. The molecule has 1 aromatic heterocycles. The Morgan fingerprint density at radius 3 is 2.33 bits per heavy atom. The number of methoxy groups -OCH3 is 1. The topological polar surface area (TPSA) is 89.8 Å². The Morgan fingerprint density at radius 2 is 1.70 bits per heavy atom. The largest absolute Gasteiger partial charge is 0.497 e. The summed E-state index contributed by atoms with van der Waals surface area (Å²) in [5, 5.41) is 0. The van der Waals surface area contributed by atoms with Crippen molar-refractivity contribution in [3.63, 3.8) is 0 Å². The van der Waals surface area contributed by atoms with Gasteiger partial charge in [0.25, 0.3) is 15.9 Å². The van der Waals surface area contributed by atoms with Crippen LogP contribution in [0.4, 0.5) is 5.69 Å². The van der Waals surface area contributed by atoms with Crippen LogP contribution < -0.4 is 14.3 Å². The smallest absolute Gasteiger partial charge is 0.279 e. The number of hydrogen-bond acceptors (Lipinski definition) is 5. The Labute approximate surface area is 196 Å². The maximum Gasteiger partial charge on any atom is 0.279 e. The van der Waals surface area contributed by atoms with Crippen molar-refractivity contribution < 1.29 is 17.9 Å². The second-order valence-corrected chi connectivity index (χ2v) is 10.3. The summed E-state index contributed by atoms with van der Waals surface area (Å²) in [6, 6.07) is 16.5. The number of carbonyl (C=O) groups excluding carboxylic acids is 1. The average molecular weight is 482 g/mol. The molecule has 0 unspecified atom stereocenters. The molecule has 9 heteroatoms. The third-order valence-corrected chi connectivity index (χ3v) is 7.87. The molecule has 0 aliphatic carbocycles. The number of anilines is 1. The molecule has 4 rings (SSSR count). The molecule has 0 aliphatic heterocycles. The molecule has 170 valence electrons. The molecular weight excluding hydrogens is 458 g/mol. The van der Waals surface area contributed by atoms with E-state index in [1.165, 1.54) is 30.6 Å². The van der Waals surface area contributed by atoms with Crippen molar-refractivity contribution in [3.8, 4) is 5.75 Å². The Bertz CT molecular complexity index is 1520. The molecule has 0 fully saturated rings. The number of ether oxygens (including phenoxy) is 1. The van der Waals surface area contributed by atoms with Crippen molar-refractivity contribution in [2.24, 2.45) is 12.0 Å². The zero-order valence-corrected chi connectivity index (χ0v) is 20.3. The molecule has 3 aromatic carbocycles. The van der Waals surface area contributed by atoms with Gasteiger partial charge in [0.1, 0.15) is 5.75 Å². The van der Waals surface area contributed by atoms with Crippen molar-refractivity contribution in [2.75, 3.05) is 11.8 Å². The summed E-state index contributed by atoms with van der Waals surface area (Å²) < 4.78 is 35.8. The number of sulfonamides is 1. The van der Waals surface area contributed by atoms with E-state index in [2.05, 4.69) is 21.8 Å². The molecule has 7 nitrogen and oxygen atoms in total. The lowest BCUT2D eigenvalue weighted by Crippen LogP contribution is -2.14. The Morgan fingerprint density at radius 1 is 1.03 bits per heavy atom. The predicted molar refractivity (Wildman–Crippen MR) is 130 cm³/mol. The molecule has 1 N–H and O–H groups in total. The highest BCUT2D eigenvalue weighted by molar-refractivity contribution is 7.92. The van der Waals surface area contributed by atoms with E-state index in [0.717, 1.165) is 21.3 Å². The van der Waals surface area contributed by atoms with E-state index in [1.807, 2.05) is 25.5 Å². The van der Waals surface area contributed by atoms with Gasteiger partial charge in [-0.05, 0) is 79.6 Å². The molecule has 0 spiro atoms. The quantitative estimate of drug-likeness (QED) is 0.457. The number of hydrogen-bond donors (Lipinski definition) is 1. The highest BCUT2D eigenvalue weighted by atomic mass is 32.2. The summed E-state index contributed by atoms with van der Waals surface area (Å²) in [7, 11) is -0.360. The van der Waals surface area contributed by atoms with Gasteiger partial charge >= 0.3 is 0 Å². The monoisotopic (exact) mass is 481 g/mol. The zero-order valence-electron chi connectivity index (χ0n) is 18.6. The van der Waals surface area contributed by atoms with Crippen molar-refractivity contribution in [1.82, 2.24) is 4.57 Å². The van der Waals surface area contributed by atoms with Crippen LogP contribution in [0.2, 0.25) is 0 Å². The summed E-state index contributed by atoms with van der Waals surface area (Å²) in [5.74, 6) is 0.175. The van der Waals surface area contributed by atoms with Crippen molar-refractivity contribution in [3.05, 3.63) is 82.2 Å². The molecule has 0 saturated carbocycles. The summed E-state index contributed by atoms with van der Waals surface area (Å²) in [4.78, 5) is 17.8. The van der Waals surface area contributed by atoms with Gasteiger partial charge in [-0.15, -0.1) is 0 Å². The first-order chi connectivity index (χ1) is 15.7. The van der Waals surface area contributed by atoms with Crippen LogP contribution in [0.5, 0.6) is 5.75 Å². The molecule has 4 aromatic rings. The van der Waals surface area contributed by atoms with Gasteiger partial charge in [-0.25, -0.2) is 8.42 Å². The summed E-state index contributed by atoms with van der Waals surface area (Å²) in [5.41, 5.74) is 4.05. The van der Waals surface area contributed by atoms with Crippen LogP contribution in [0, 0.1) is 13.8 Å². The molecule has 0 aliphatic rings. The molecule has 33 heavy (non-hydrogen) atoms. The number of fused-ring (bicyclic) bond motifs is 1. The van der Waals surface area contributed by atoms with Gasteiger partial charge in [-0.1, -0.05) is 17.4 Å². The number of amides is 1. The minimum atomic E-state index is -3.76. The highest BCUT2D eigenvalue weighted by Crippen LogP contribution is 2.23. The zero-order chi connectivity index (χ0) is 23.8. The number of aromatic nitrogens is 1. The fourth-order valence-electron chi connectivity index (χ4n) is 3.48. The van der Waals surface area contributed by atoms with Crippen molar-refractivity contribution in [1.29, 1.82) is 0 Å². The summed E-state index contributed by atoms with van der Waals surface area (Å²) >= 11 is 1.47. The van der Waals surface area contributed by atoms with Crippen LogP contribution in [0.1, 0.15) is 21.5 Å². The van der Waals surface area contributed by atoms with Gasteiger partial charge < -0.3 is 9.30 Å². The van der Waals surface area contributed by atoms with E-state index in [0.29, 0.717) is 21.8 Å². The van der Waals surface area contributed by atoms with E-state index in [4.69, 9.17) is 4.74 Å². The molecular formula is C24H23N3O4S2. The molecule has 1 heterocycles. The number of nitrogens with one attached hydrogen (secondary N) is 1. The van der Waals surface area contributed by atoms with Crippen LogP contribution in [-0.4, -0.2) is 26.0 Å². The predicted octanol–water partition coefficient (Wildman–Crippen LogP) is 4.41. The van der Waals surface area contributed by atoms with Gasteiger partial charge in [0, 0.05) is 18.3 Å². The summed E-state index contributed by atoms with van der Waals surface area (Å²) in [6.45, 7) is 4.08. The average Bonchev–Trinajstić information content (AvgIpc) is 3.09. The lowest BCUT2D eigenvalue weighted by Gasteiger charge is -2.09. The lowest BCUT2D eigenvalue weighted by atomic mass is 10.1. The first-order valence-electron chi connectivity index (χ1n) is 10.1. The summed E-state index contributed by atoms with van der Waals surface area (Å²) in [6.07, 6.45) is 0. The number of thiazole rings is 1. The molecule has 0 atom stereocenters. The Balaban J connectivity index is 1.57. The van der Waals surface area contributed by atoms with Crippen molar-refractivity contribution >= 4 is 43.2 Å². The van der Waals surface area contributed by atoms with Gasteiger partial charge in [-0.3, -0.25) is 9.52 Å². The molecule has 1 amide bonds. The fraction of sp³-hybridized carbons (Fsp3) is 0.167. The first-order valence-corrected chi connectivity index (χ1v) is 12.4. The molecule has 0 bridgehead atoms. The third kappa shape index (κ3) is 4.69. The van der Waals surface area contributed by atoms with E-state index < -0.39 is 15.9 Å². The Kier molecular flexibility index (Phi) is 6.09. The SMILES string of the molecule is COc1ccc(S(=O)(=O)Nc2ccc(C(=O)N=c3sc4c(C)cc(C)cc4n3C)cc2)cc1. The molecule has 0 saturated heterocycles. The lowest BCUT2D eigenvalue weighted by molar-refractivity contribution is 0.0998. The van der Waals surface area contributed by atoms with Crippen molar-refractivity contribution in [2.45, 2.75) is 18.7 Å². The van der Waals surface area contributed by atoms with Gasteiger partial charge in [0.2, 0.25) is 0 Å². The van der Waals surface area contributed by atoms with E-state index >= 15 is 0 Å². The van der Waals surface area contributed by atoms with Crippen LogP contribution in [0.3, 0.4) is 0 Å². The minimum absolute atomic E-state index is 0.112. The van der Waals surface area contributed by atoms with Gasteiger partial charge in [0.15, 0.2) is 4.80 Å². The number of aryl methyl sites for hydroxylation is 3. The highest BCUT2D eigenvalue weighted by Gasteiger charge is 2.15. The maximum atomic E-state index is 12.7.